The lowest BCUT2D eigenvalue weighted by molar-refractivity contribution is 0.0599. The Morgan fingerprint density at radius 3 is 2.69 bits per heavy atom. The van der Waals surface area contributed by atoms with E-state index in [0.717, 1.165) is 37.4 Å². The molecule has 8 heteroatoms. The highest BCUT2D eigenvalue weighted by molar-refractivity contribution is 6.02. The quantitative estimate of drug-likeness (QED) is 0.527. The molecule has 0 unspecified atom stereocenters. The number of nitrogens with zero attached hydrogens (tertiary/aromatic N) is 4. The molecule has 0 radical (unpaired) electrons. The van der Waals surface area contributed by atoms with E-state index in [2.05, 4.69) is 20.1 Å². The van der Waals surface area contributed by atoms with Crippen LogP contribution in [0.3, 0.4) is 0 Å². The lowest BCUT2D eigenvalue weighted by Gasteiger charge is -2.30. The molecule has 0 saturated carbocycles. The SMILES string of the molecule is COC(=O)c1c(C)[nH]c(C(=O)CN2CCC(c3nnc4ccccn34)CC2)c1C. The number of rotatable bonds is 5. The number of carbonyl (C=O) groups excluding carboxylic acids is 2. The normalized spacial score (nSPS) is 15.7. The van der Waals surface area contributed by atoms with E-state index in [1.165, 1.54) is 7.11 Å². The number of pyridine rings is 1. The Morgan fingerprint density at radius 1 is 1.21 bits per heavy atom. The second-order valence-corrected chi connectivity index (χ2v) is 7.58. The molecule has 0 spiro atoms. The molecule has 0 atom stereocenters. The summed E-state index contributed by atoms with van der Waals surface area (Å²) in [4.78, 5) is 30.0. The standard InChI is InChI=1S/C21H25N5O3/c1-13-18(21(28)29-3)14(2)22-19(13)16(27)12-25-10-7-15(8-11-25)20-24-23-17-6-4-5-9-26(17)20/h4-6,9,15,22H,7-8,10-12H2,1-3H3. The third-order valence-corrected chi connectivity index (χ3v) is 5.77. The van der Waals surface area contributed by atoms with Crippen LogP contribution < -0.4 is 0 Å². The van der Waals surface area contributed by atoms with Gasteiger partial charge in [0.05, 0.1) is 24.9 Å². The zero-order chi connectivity index (χ0) is 20.5. The van der Waals surface area contributed by atoms with Crippen LogP contribution in [-0.2, 0) is 4.74 Å². The number of fused-ring (bicyclic) bond motifs is 1. The molecule has 1 N–H and O–H groups in total. The molecular weight excluding hydrogens is 370 g/mol. The van der Waals surface area contributed by atoms with Crippen molar-refractivity contribution in [1.82, 2.24) is 24.5 Å². The molecular formula is C21H25N5O3. The Hall–Kier alpha value is -3.00. The first-order valence-corrected chi connectivity index (χ1v) is 9.82. The lowest BCUT2D eigenvalue weighted by atomic mass is 9.95. The molecule has 0 amide bonds. The van der Waals surface area contributed by atoms with Gasteiger partial charge in [0.2, 0.25) is 0 Å². The Kier molecular flexibility index (Phi) is 5.19. The second kappa shape index (κ2) is 7.79. The summed E-state index contributed by atoms with van der Waals surface area (Å²) in [6, 6.07) is 5.89. The van der Waals surface area contributed by atoms with Gasteiger partial charge in [-0.15, -0.1) is 10.2 Å². The van der Waals surface area contributed by atoms with Crippen LogP contribution >= 0.6 is 0 Å². The monoisotopic (exact) mass is 395 g/mol. The lowest BCUT2D eigenvalue weighted by Crippen LogP contribution is -2.37. The van der Waals surface area contributed by atoms with Gasteiger partial charge in [-0.05, 0) is 57.5 Å². The van der Waals surface area contributed by atoms with Gasteiger partial charge in [0.25, 0.3) is 0 Å². The third kappa shape index (κ3) is 3.55. The fraction of sp³-hybridized carbons (Fsp3) is 0.429. The molecule has 29 heavy (non-hydrogen) atoms. The van der Waals surface area contributed by atoms with Gasteiger partial charge in [-0.25, -0.2) is 4.79 Å². The highest BCUT2D eigenvalue weighted by Crippen LogP contribution is 2.27. The van der Waals surface area contributed by atoms with Crippen LogP contribution in [0.15, 0.2) is 24.4 Å². The van der Waals surface area contributed by atoms with Crippen molar-refractivity contribution in [2.75, 3.05) is 26.7 Å². The number of aryl methyl sites for hydroxylation is 1. The van der Waals surface area contributed by atoms with Gasteiger partial charge in [-0.1, -0.05) is 6.07 Å². The fourth-order valence-corrected chi connectivity index (χ4v) is 4.21. The van der Waals surface area contributed by atoms with E-state index in [1.807, 2.05) is 28.8 Å². The Morgan fingerprint density at radius 2 is 1.97 bits per heavy atom. The van der Waals surface area contributed by atoms with Crippen molar-refractivity contribution in [2.24, 2.45) is 0 Å². The average Bonchev–Trinajstić information content (AvgIpc) is 3.29. The van der Waals surface area contributed by atoms with Gasteiger partial charge in [-0.3, -0.25) is 14.1 Å². The van der Waals surface area contributed by atoms with Gasteiger partial charge in [-0.2, -0.15) is 0 Å². The third-order valence-electron chi connectivity index (χ3n) is 5.77. The predicted molar refractivity (Wildman–Crippen MR) is 107 cm³/mol. The van der Waals surface area contributed by atoms with Crippen LogP contribution in [0.25, 0.3) is 5.65 Å². The van der Waals surface area contributed by atoms with E-state index >= 15 is 0 Å². The van der Waals surface area contributed by atoms with E-state index < -0.39 is 5.97 Å². The number of H-pyrrole nitrogens is 1. The number of Topliss-reactive ketones (excluding diaryl/α,β-unsaturated/α-hetero) is 1. The summed E-state index contributed by atoms with van der Waals surface area (Å²) in [6.07, 6.45) is 3.86. The highest BCUT2D eigenvalue weighted by atomic mass is 16.5. The first kappa shape index (κ1) is 19.3. The summed E-state index contributed by atoms with van der Waals surface area (Å²) < 4.78 is 6.87. The molecule has 152 valence electrons. The summed E-state index contributed by atoms with van der Waals surface area (Å²) in [5, 5.41) is 8.63. The van der Waals surface area contributed by atoms with E-state index in [0.29, 0.717) is 35.0 Å². The van der Waals surface area contributed by atoms with Crippen LogP contribution in [0.1, 0.15) is 56.7 Å². The maximum absolute atomic E-state index is 12.8. The molecule has 0 aliphatic carbocycles. The summed E-state index contributed by atoms with van der Waals surface area (Å²) in [5.74, 6) is 0.896. The van der Waals surface area contributed by atoms with Crippen LogP contribution in [0.4, 0.5) is 0 Å². The number of methoxy groups -OCH3 is 1. The summed E-state index contributed by atoms with van der Waals surface area (Å²) in [6.45, 7) is 5.53. The van der Waals surface area contributed by atoms with Crippen molar-refractivity contribution in [3.63, 3.8) is 0 Å². The Labute approximate surface area is 168 Å². The largest absolute Gasteiger partial charge is 0.465 e. The molecule has 1 saturated heterocycles. The van der Waals surface area contributed by atoms with Crippen molar-refractivity contribution in [2.45, 2.75) is 32.6 Å². The van der Waals surface area contributed by atoms with Crippen LogP contribution in [0, 0.1) is 13.8 Å². The van der Waals surface area contributed by atoms with E-state index in [1.54, 1.807) is 13.8 Å². The number of aromatic nitrogens is 4. The molecule has 1 fully saturated rings. The molecule has 4 rings (SSSR count). The number of hydrogen-bond acceptors (Lipinski definition) is 6. The van der Waals surface area contributed by atoms with Crippen molar-refractivity contribution >= 4 is 17.4 Å². The second-order valence-electron chi connectivity index (χ2n) is 7.58. The number of carbonyl (C=O) groups is 2. The number of nitrogens with one attached hydrogen (secondary N) is 1. The Bertz CT molecular complexity index is 1060. The van der Waals surface area contributed by atoms with Crippen molar-refractivity contribution in [3.8, 4) is 0 Å². The van der Waals surface area contributed by atoms with Crippen LogP contribution in [0.5, 0.6) is 0 Å². The molecule has 4 heterocycles. The zero-order valence-electron chi connectivity index (χ0n) is 16.9. The van der Waals surface area contributed by atoms with Gasteiger partial charge in [0, 0.05) is 17.8 Å². The van der Waals surface area contributed by atoms with Crippen LogP contribution in [-0.4, -0.2) is 63.0 Å². The number of likely N-dealkylation sites (tertiary alicyclic amines) is 1. The summed E-state index contributed by atoms with van der Waals surface area (Å²) >= 11 is 0. The van der Waals surface area contributed by atoms with E-state index in [-0.39, 0.29) is 5.78 Å². The molecule has 0 bridgehead atoms. The minimum absolute atomic E-state index is 0.00729. The highest BCUT2D eigenvalue weighted by Gasteiger charge is 2.27. The topological polar surface area (TPSA) is 92.6 Å². The number of ketones is 1. The first-order valence-electron chi connectivity index (χ1n) is 9.82. The number of hydrogen-bond donors (Lipinski definition) is 1. The van der Waals surface area contributed by atoms with E-state index in [4.69, 9.17) is 4.74 Å². The van der Waals surface area contributed by atoms with Crippen molar-refractivity contribution in [1.29, 1.82) is 0 Å². The fourth-order valence-electron chi connectivity index (χ4n) is 4.21. The van der Waals surface area contributed by atoms with Crippen molar-refractivity contribution < 1.29 is 14.3 Å². The summed E-state index contributed by atoms with van der Waals surface area (Å²) in [5.41, 5.74) is 3.13. The molecule has 1 aliphatic rings. The smallest absolute Gasteiger partial charge is 0.339 e. The minimum Gasteiger partial charge on any atom is -0.465 e. The van der Waals surface area contributed by atoms with Gasteiger partial charge < -0.3 is 9.72 Å². The molecule has 0 aromatic carbocycles. The average molecular weight is 395 g/mol. The van der Waals surface area contributed by atoms with Gasteiger partial charge in [0.15, 0.2) is 11.4 Å². The predicted octanol–water partition coefficient (Wildman–Crippen LogP) is 2.52. The van der Waals surface area contributed by atoms with Crippen molar-refractivity contribution in [3.05, 3.63) is 52.7 Å². The zero-order valence-corrected chi connectivity index (χ0v) is 16.9. The maximum atomic E-state index is 12.8. The van der Waals surface area contributed by atoms with Gasteiger partial charge >= 0.3 is 5.97 Å². The number of aromatic amines is 1. The number of piperidine rings is 1. The first-order chi connectivity index (χ1) is 14.0. The minimum atomic E-state index is -0.420. The van der Waals surface area contributed by atoms with Crippen LogP contribution in [0.2, 0.25) is 0 Å². The number of esters is 1. The van der Waals surface area contributed by atoms with E-state index in [9.17, 15) is 9.59 Å². The summed E-state index contributed by atoms with van der Waals surface area (Å²) in [7, 11) is 1.35. The van der Waals surface area contributed by atoms with Gasteiger partial charge in [0.1, 0.15) is 5.82 Å². The Balaban J connectivity index is 1.41. The molecule has 8 nitrogen and oxygen atoms in total. The molecule has 3 aromatic rings. The molecule has 1 aliphatic heterocycles. The maximum Gasteiger partial charge on any atom is 0.339 e. The molecule has 3 aromatic heterocycles. The number of ether oxygens (including phenoxy) is 1.